The Hall–Kier alpha value is -1.07. The first-order chi connectivity index (χ1) is 10.2. The molecule has 2 saturated heterocycles. The van der Waals surface area contributed by atoms with E-state index in [0.717, 1.165) is 12.0 Å². The summed E-state index contributed by atoms with van der Waals surface area (Å²) in [5.41, 5.74) is 0.423. The molecule has 2 heterocycles. The summed E-state index contributed by atoms with van der Waals surface area (Å²) in [6.07, 6.45) is 1.86. The van der Waals surface area contributed by atoms with Gasteiger partial charge in [0.05, 0.1) is 19.3 Å². The molecular formula is C17H29NO4. The lowest BCUT2D eigenvalue weighted by Crippen LogP contribution is -2.59. The summed E-state index contributed by atoms with van der Waals surface area (Å²) in [5, 5.41) is 0. The van der Waals surface area contributed by atoms with Crippen LogP contribution in [0.5, 0.6) is 0 Å². The Balaban J connectivity index is 2.25. The van der Waals surface area contributed by atoms with Gasteiger partial charge in [-0.2, -0.15) is 0 Å². The molecule has 2 aliphatic heterocycles. The number of likely N-dealkylation sites (tertiary alicyclic amines) is 1. The summed E-state index contributed by atoms with van der Waals surface area (Å²) in [6, 6.07) is -0.0879. The second kappa shape index (κ2) is 6.20. The third kappa shape index (κ3) is 3.63. The van der Waals surface area contributed by atoms with E-state index in [1.54, 1.807) is 0 Å². The third-order valence-corrected chi connectivity index (χ3v) is 4.24. The standard InChI is InChI=1S/C17H29NO4/c1-7-13-10-17(20-8-9-21-17)11-14(12(2)3)18(13)15(19)22-16(4,5)6/h13-14H,2,7-11H2,1,3-6H3. The van der Waals surface area contributed by atoms with E-state index in [-0.39, 0.29) is 18.2 Å². The fraction of sp³-hybridized carbons (Fsp3) is 0.824. The molecule has 0 aliphatic carbocycles. The van der Waals surface area contributed by atoms with Crippen LogP contribution < -0.4 is 0 Å². The number of carbonyl (C=O) groups excluding carboxylic acids is 1. The van der Waals surface area contributed by atoms with Gasteiger partial charge in [-0.3, -0.25) is 4.90 Å². The SMILES string of the molecule is C=C(C)C1CC2(CC(CC)N1C(=O)OC(C)(C)C)OCCO2. The maximum absolute atomic E-state index is 12.7. The predicted molar refractivity (Wildman–Crippen MR) is 84.6 cm³/mol. The van der Waals surface area contributed by atoms with Gasteiger partial charge in [0.15, 0.2) is 5.79 Å². The molecule has 0 aromatic carbocycles. The van der Waals surface area contributed by atoms with Crippen LogP contribution in [0.2, 0.25) is 0 Å². The van der Waals surface area contributed by atoms with Crippen LogP contribution in [0, 0.1) is 0 Å². The van der Waals surface area contributed by atoms with Gasteiger partial charge in [-0.25, -0.2) is 4.79 Å². The minimum Gasteiger partial charge on any atom is -0.444 e. The van der Waals surface area contributed by atoms with E-state index in [1.807, 2.05) is 32.6 Å². The maximum Gasteiger partial charge on any atom is 0.411 e. The monoisotopic (exact) mass is 311 g/mol. The smallest absolute Gasteiger partial charge is 0.411 e. The van der Waals surface area contributed by atoms with Crippen LogP contribution >= 0.6 is 0 Å². The average molecular weight is 311 g/mol. The summed E-state index contributed by atoms with van der Waals surface area (Å²) in [7, 11) is 0. The van der Waals surface area contributed by atoms with Crippen molar-refractivity contribution in [1.82, 2.24) is 4.90 Å². The largest absolute Gasteiger partial charge is 0.444 e. The zero-order chi connectivity index (χ0) is 16.5. The van der Waals surface area contributed by atoms with Crippen molar-refractivity contribution in [3.63, 3.8) is 0 Å². The van der Waals surface area contributed by atoms with Crippen molar-refractivity contribution in [2.75, 3.05) is 13.2 Å². The Morgan fingerprint density at radius 3 is 2.36 bits per heavy atom. The van der Waals surface area contributed by atoms with E-state index < -0.39 is 11.4 Å². The van der Waals surface area contributed by atoms with Gasteiger partial charge in [0, 0.05) is 18.9 Å². The summed E-state index contributed by atoms with van der Waals surface area (Å²) in [6.45, 7) is 15.0. The number of rotatable bonds is 2. The Labute approximate surface area is 133 Å². The van der Waals surface area contributed by atoms with Crippen LogP contribution in [0.1, 0.15) is 53.9 Å². The molecule has 5 heteroatoms. The van der Waals surface area contributed by atoms with Gasteiger partial charge in [0.2, 0.25) is 0 Å². The van der Waals surface area contributed by atoms with E-state index >= 15 is 0 Å². The Morgan fingerprint density at radius 2 is 1.91 bits per heavy atom. The zero-order valence-corrected chi connectivity index (χ0v) is 14.5. The normalized spacial score (nSPS) is 28.0. The van der Waals surface area contributed by atoms with Gasteiger partial charge in [-0.05, 0) is 34.1 Å². The van der Waals surface area contributed by atoms with Crippen molar-refractivity contribution in [1.29, 1.82) is 0 Å². The molecule has 1 amide bonds. The van der Waals surface area contributed by atoms with Gasteiger partial charge in [-0.1, -0.05) is 19.1 Å². The highest BCUT2D eigenvalue weighted by atomic mass is 16.7. The van der Waals surface area contributed by atoms with Gasteiger partial charge in [0.1, 0.15) is 5.60 Å². The lowest BCUT2D eigenvalue weighted by atomic mass is 9.86. The average Bonchev–Trinajstić information content (AvgIpc) is 2.83. The number of amides is 1. The summed E-state index contributed by atoms with van der Waals surface area (Å²) < 4.78 is 17.4. The fourth-order valence-corrected chi connectivity index (χ4v) is 3.26. The molecule has 22 heavy (non-hydrogen) atoms. The third-order valence-electron chi connectivity index (χ3n) is 4.24. The number of piperidine rings is 1. The number of hydrogen-bond donors (Lipinski definition) is 0. The van der Waals surface area contributed by atoms with Gasteiger partial charge in [-0.15, -0.1) is 0 Å². The molecule has 0 radical (unpaired) electrons. The van der Waals surface area contributed by atoms with Crippen molar-refractivity contribution in [3.05, 3.63) is 12.2 Å². The minimum atomic E-state index is -0.567. The topological polar surface area (TPSA) is 48.0 Å². The number of carbonyl (C=O) groups is 1. The quantitative estimate of drug-likeness (QED) is 0.733. The molecule has 2 rings (SSSR count). The van der Waals surface area contributed by atoms with E-state index in [1.165, 1.54) is 0 Å². The van der Waals surface area contributed by atoms with Crippen LogP contribution in [0.15, 0.2) is 12.2 Å². The van der Waals surface area contributed by atoms with E-state index in [9.17, 15) is 4.79 Å². The van der Waals surface area contributed by atoms with E-state index in [0.29, 0.717) is 26.1 Å². The highest BCUT2D eigenvalue weighted by Crippen LogP contribution is 2.41. The molecular weight excluding hydrogens is 282 g/mol. The van der Waals surface area contributed by atoms with Crippen LogP contribution in [0.3, 0.4) is 0 Å². The Bertz CT molecular complexity index is 434. The number of nitrogens with zero attached hydrogens (tertiary/aromatic N) is 1. The summed E-state index contributed by atoms with van der Waals surface area (Å²) in [5.74, 6) is -0.567. The van der Waals surface area contributed by atoms with Crippen molar-refractivity contribution in [2.45, 2.75) is 77.4 Å². The molecule has 2 fully saturated rings. The Kier molecular flexibility index (Phi) is 4.87. The molecule has 0 aromatic rings. The van der Waals surface area contributed by atoms with Gasteiger partial charge < -0.3 is 14.2 Å². The molecule has 0 N–H and O–H groups in total. The van der Waals surface area contributed by atoms with Crippen LogP contribution in [0.25, 0.3) is 0 Å². The molecule has 1 spiro atoms. The zero-order valence-electron chi connectivity index (χ0n) is 14.5. The van der Waals surface area contributed by atoms with Crippen molar-refractivity contribution in [2.24, 2.45) is 0 Å². The predicted octanol–water partition coefficient (Wildman–Crippen LogP) is 3.48. The lowest BCUT2D eigenvalue weighted by Gasteiger charge is -2.48. The highest BCUT2D eigenvalue weighted by Gasteiger charge is 2.50. The number of hydrogen-bond acceptors (Lipinski definition) is 4. The molecule has 0 bridgehead atoms. The van der Waals surface area contributed by atoms with Gasteiger partial charge >= 0.3 is 6.09 Å². The maximum atomic E-state index is 12.7. The van der Waals surface area contributed by atoms with Crippen molar-refractivity contribution < 1.29 is 19.0 Å². The first-order valence-corrected chi connectivity index (χ1v) is 8.12. The van der Waals surface area contributed by atoms with Crippen molar-refractivity contribution in [3.8, 4) is 0 Å². The van der Waals surface area contributed by atoms with Crippen LogP contribution in [0.4, 0.5) is 4.79 Å². The molecule has 0 aromatic heterocycles. The van der Waals surface area contributed by atoms with E-state index in [4.69, 9.17) is 14.2 Å². The molecule has 126 valence electrons. The van der Waals surface area contributed by atoms with Gasteiger partial charge in [0.25, 0.3) is 0 Å². The molecule has 2 aliphatic rings. The Morgan fingerprint density at radius 1 is 1.32 bits per heavy atom. The number of ether oxygens (including phenoxy) is 3. The second-order valence-electron chi connectivity index (χ2n) is 7.33. The summed E-state index contributed by atoms with van der Waals surface area (Å²) in [4.78, 5) is 14.5. The minimum absolute atomic E-state index is 0.0309. The van der Waals surface area contributed by atoms with Crippen molar-refractivity contribution >= 4 is 6.09 Å². The fourth-order valence-electron chi connectivity index (χ4n) is 3.26. The molecule has 0 saturated carbocycles. The molecule has 5 nitrogen and oxygen atoms in total. The van der Waals surface area contributed by atoms with Crippen LogP contribution in [-0.4, -0.2) is 47.7 Å². The highest BCUT2D eigenvalue weighted by molar-refractivity contribution is 5.70. The first-order valence-electron chi connectivity index (χ1n) is 8.12. The first kappa shape index (κ1) is 17.3. The summed E-state index contributed by atoms with van der Waals surface area (Å²) >= 11 is 0. The molecule has 2 atom stereocenters. The lowest BCUT2D eigenvalue weighted by molar-refractivity contribution is -0.202. The molecule has 2 unspecified atom stereocenters. The van der Waals surface area contributed by atoms with Crippen LogP contribution in [-0.2, 0) is 14.2 Å². The van der Waals surface area contributed by atoms with E-state index in [2.05, 4.69) is 13.5 Å². The second-order valence-corrected chi connectivity index (χ2v) is 7.33.